The molecule has 102 valence electrons. The van der Waals surface area contributed by atoms with Crippen LogP contribution < -0.4 is 0 Å². The second kappa shape index (κ2) is 5.04. The zero-order chi connectivity index (χ0) is 14.0. The molecule has 0 atom stereocenters. The van der Waals surface area contributed by atoms with Gasteiger partial charge in [-0.2, -0.15) is 0 Å². The lowest BCUT2D eigenvalue weighted by Crippen LogP contribution is -2.29. The van der Waals surface area contributed by atoms with Gasteiger partial charge >= 0.3 is 5.79 Å². The lowest BCUT2D eigenvalue weighted by Gasteiger charge is -2.29. The lowest BCUT2D eigenvalue weighted by molar-refractivity contribution is -0.127. The van der Waals surface area contributed by atoms with Crippen LogP contribution in [0.2, 0.25) is 0 Å². The Hall–Kier alpha value is -2.22. The standard InChI is InChI=1S/C18H18O2/c1-3-17-14(2)19-18(20-17,15-10-6-4-7-11-15)16-12-8-5-9-13-16/h4-13H,3H2,1-2H3. The summed E-state index contributed by atoms with van der Waals surface area (Å²) >= 11 is 0. The monoisotopic (exact) mass is 266 g/mol. The highest BCUT2D eigenvalue weighted by atomic mass is 16.7. The lowest BCUT2D eigenvalue weighted by atomic mass is 9.97. The maximum absolute atomic E-state index is 6.24. The minimum atomic E-state index is -0.849. The van der Waals surface area contributed by atoms with E-state index in [0.29, 0.717) is 0 Å². The molecule has 3 rings (SSSR count). The Bertz CT molecular complexity index is 575. The molecule has 0 unspecified atom stereocenters. The fraction of sp³-hybridized carbons (Fsp3) is 0.222. The van der Waals surface area contributed by atoms with E-state index >= 15 is 0 Å². The van der Waals surface area contributed by atoms with Crippen LogP contribution in [0.5, 0.6) is 0 Å². The first kappa shape index (κ1) is 12.8. The van der Waals surface area contributed by atoms with Crippen molar-refractivity contribution < 1.29 is 9.47 Å². The molecule has 2 aromatic carbocycles. The maximum atomic E-state index is 6.24. The molecule has 20 heavy (non-hydrogen) atoms. The summed E-state index contributed by atoms with van der Waals surface area (Å²) in [5, 5.41) is 0. The van der Waals surface area contributed by atoms with Gasteiger partial charge in [0.25, 0.3) is 0 Å². The fourth-order valence-electron chi connectivity index (χ4n) is 2.58. The molecule has 1 heterocycles. The molecule has 2 heteroatoms. The number of ether oxygens (including phenoxy) is 2. The van der Waals surface area contributed by atoms with Crippen LogP contribution in [-0.2, 0) is 15.3 Å². The van der Waals surface area contributed by atoms with Crippen LogP contribution in [0.25, 0.3) is 0 Å². The van der Waals surface area contributed by atoms with E-state index in [2.05, 4.69) is 6.92 Å². The average Bonchev–Trinajstić information content (AvgIpc) is 2.87. The Morgan fingerprint density at radius 1 is 0.800 bits per heavy atom. The Kier molecular flexibility index (Phi) is 3.23. The summed E-state index contributed by atoms with van der Waals surface area (Å²) in [5.74, 6) is 0.927. The molecule has 0 amide bonds. The molecule has 0 fully saturated rings. The van der Waals surface area contributed by atoms with E-state index < -0.39 is 5.79 Å². The van der Waals surface area contributed by atoms with Gasteiger partial charge < -0.3 is 9.47 Å². The van der Waals surface area contributed by atoms with E-state index in [0.717, 1.165) is 29.1 Å². The highest BCUT2D eigenvalue weighted by Gasteiger charge is 2.44. The normalized spacial score (nSPS) is 16.7. The van der Waals surface area contributed by atoms with Gasteiger partial charge in [-0.25, -0.2) is 0 Å². The molecule has 0 aliphatic carbocycles. The first-order valence-electron chi connectivity index (χ1n) is 6.95. The van der Waals surface area contributed by atoms with Crippen molar-refractivity contribution in [1.82, 2.24) is 0 Å². The average molecular weight is 266 g/mol. The topological polar surface area (TPSA) is 18.5 Å². The van der Waals surface area contributed by atoms with Crippen LogP contribution in [0, 0.1) is 0 Å². The fourth-order valence-corrected chi connectivity index (χ4v) is 2.58. The third-order valence-electron chi connectivity index (χ3n) is 3.59. The van der Waals surface area contributed by atoms with Crippen LogP contribution in [-0.4, -0.2) is 0 Å². The summed E-state index contributed by atoms with van der Waals surface area (Å²) < 4.78 is 12.4. The van der Waals surface area contributed by atoms with Gasteiger partial charge in [-0.3, -0.25) is 0 Å². The van der Waals surface area contributed by atoms with Crippen molar-refractivity contribution in [3.8, 4) is 0 Å². The minimum Gasteiger partial charge on any atom is -0.445 e. The van der Waals surface area contributed by atoms with E-state index in [1.807, 2.05) is 67.6 Å². The summed E-state index contributed by atoms with van der Waals surface area (Å²) in [6.07, 6.45) is 0.827. The van der Waals surface area contributed by atoms with Gasteiger partial charge in [0.15, 0.2) is 0 Å². The predicted octanol–water partition coefficient (Wildman–Crippen LogP) is 4.58. The summed E-state index contributed by atoms with van der Waals surface area (Å²) in [6, 6.07) is 20.2. The van der Waals surface area contributed by atoms with Crippen molar-refractivity contribution in [2.75, 3.05) is 0 Å². The molecule has 0 saturated carbocycles. The van der Waals surface area contributed by atoms with E-state index in [1.54, 1.807) is 0 Å². The van der Waals surface area contributed by atoms with Crippen molar-refractivity contribution in [3.63, 3.8) is 0 Å². The van der Waals surface area contributed by atoms with Gasteiger partial charge in [-0.05, 0) is 6.92 Å². The van der Waals surface area contributed by atoms with Gasteiger partial charge in [0.05, 0.1) is 0 Å². The number of rotatable bonds is 3. The molecule has 2 aromatic rings. The van der Waals surface area contributed by atoms with Gasteiger partial charge in [0, 0.05) is 17.5 Å². The zero-order valence-electron chi connectivity index (χ0n) is 11.8. The summed E-state index contributed by atoms with van der Waals surface area (Å²) in [6.45, 7) is 4.04. The van der Waals surface area contributed by atoms with E-state index in [1.165, 1.54) is 0 Å². The molecule has 0 radical (unpaired) electrons. The number of allylic oxidation sites excluding steroid dienone is 2. The number of hydrogen-bond donors (Lipinski definition) is 0. The molecule has 1 aliphatic heterocycles. The van der Waals surface area contributed by atoms with Crippen LogP contribution in [0.4, 0.5) is 0 Å². The zero-order valence-corrected chi connectivity index (χ0v) is 11.8. The minimum absolute atomic E-state index is 0.827. The van der Waals surface area contributed by atoms with E-state index in [9.17, 15) is 0 Å². The van der Waals surface area contributed by atoms with Gasteiger partial charge in [-0.1, -0.05) is 67.6 Å². The first-order valence-corrected chi connectivity index (χ1v) is 6.95. The van der Waals surface area contributed by atoms with Gasteiger partial charge in [-0.15, -0.1) is 0 Å². The molecule has 0 N–H and O–H groups in total. The van der Waals surface area contributed by atoms with E-state index in [4.69, 9.17) is 9.47 Å². The first-order chi connectivity index (χ1) is 9.76. The van der Waals surface area contributed by atoms with Gasteiger partial charge in [0.1, 0.15) is 11.5 Å². The molecule has 0 bridgehead atoms. The molecule has 0 saturated heterocycles. The Morgan fingerprint density at radius 2 is 1.30 bits per heavy atom. The molecular weight excluding hydrogens is 248 g/mol. The van der Waals surface area contributed by atoms with Crippen LogP contribution >= 0.6 is 0 Å². The highest BCUT2D eigenvalue weighted by Crippen LogP contribution is 2.44. The Labute approximate surface area is 119 Å². The Balaban J connectivity index is 2.12. The van der Waals surface area contributed by atoms with Gasteiger partial charge in [0.2, 0.25) is 0 Å². The molecule has 1 aliphatic rings. The highest BCUT2D eigenvalue weighted by molar-refractivity contribution is 5.36. The summed E-state index contributed by atoms with van der Waals surface area (Å²) in [5.41, 5.74) is 2.02. The maximum Gasteiger partial charge on any atom is 0.304 e. The summed E-state index contributed by atoms with van der Waals surface area (Å²) in [7, 11) is 0. The SMILES string of the molecule is CCC1=C(C)OC(c2ccccc2)(c2ccccc2)O1. The third kappa shape index (κ3) is 1.97. The van der Waals surface area contributed by atoms with Crippen LogP contribution in [0.1, 0.15) is 31.4 Å². The molecule has 0 spiro atoms. The van der Waals surface area contributed by atoms with Crippen molar-refractivity contribution in [1.29, 1.82) is 0 Å². The Morgan fingerprint density at radius 3 is 1.70 bits per heavy atom. The van der Waals surface area contributed by atoms with Crippen molar-refractivity contribution >= 4 is 0 Å². The van der Waals surface area contributed by atoms with Crippen LogP contribution in [0.15, 0.2) is 72.2 Å². The summed E-state index contributed by atoms with van der Waals surface area (Å²) in [4.78, 5) is 0. The van der Waals surface area contributed by atoms with Crippen molar-refractivity contribution in [3.05, 3.63) is 83.3 Å². The number of benzene rings is 2. The van der Waals surface area contributed by atoms with Crippen molar-refractivity contribution in [2.24, 2.45) is 0 Å². The van der Waals surface area contributed by atoms with Crippen LogP contribution in [0.3, 0.4) is 0 Å². The predicted molar refractivity (Wildman–Crippen MR) is 78.8 cm³/mol. The third-order valence-corrected chi connectivity index (χ3v) is 3.59. The molecule has 2 nitrogen and oxygen atoms in total. The smallest absolute Gasteiger partial charge is 0.304 e. The van der Waals surface area contributed by atoms with Crippen molar-refractivity contribution in [2.45, 2.75) is 26.1 Å². The second-order valence-electron chi connectivity index (χ2n) is 4.89. The quantitative estimate of drug-likeness (QED) is 0.809. The van der Waals surface area contributed by atoms with E-state index in [-0.39, 0.29) is 0 Å². The molecular formula is C18H18O2. The number of hydrogen-bond acceptors (Lipinski definition) is 2. The second-order valence-corrected chi connectivity index (χ2v) is 4.89. The largest absolute Gasteiger partial charge is 0.445 e. The molecule has 0 aromatic heterocycles.